The van der Waals surface area contributed by atoms with E-state index in [1.165, 1.54) is 28.0 Å². The van der Waals surface area contributed by atoms with Crippen LogP contribution in [0.2, 0.25) is 0 Å². The van der Waals surface area contributed by atoms with E-state index in [1.54, 1.807) is 6.08 Å². The summed E-state index contributed by atoms with van der Waals surface area (Å²) in [4.78, 5) is 25.4. The van der Waals surface area contributed by atoms with Crippen LogP contribution in [-0.2, 0) is 20.7 Å². The number of hydrogen-bond donors (Lipinski definition) is 1. The van der Waals surface area contributed by atoms with Crippen molar-refractivity contribution < 1.29 is 14.3 Å². The molecule has 30 heavy (non-hydrogen) atoms. The van der Waals surface area contributed by atoms with Crippen LogP contribution in [0.4, 0.5) is 0 Å². The molecule has 0 saturated heterocycles. The van der Waals surface area contributed by atoms with Gasteiger partial charge in [0.15, 0.2) is 0 Å². The van der Waals surface area contributed by atoms with Crippen LogP contribution in [0.5, 0.6) is 0 Å². The molecular weight excluding hydrogens is 376 g/mol. The van der Waals surface area contributed by atoms with Gasteiger partial charge in [0.1, 0.15) is 6.61 Å². The molecule has 158 valence electrons. The first-order valence-corrected chi connectivity index (χ1v) is 10.4. The van der Waals surface area contributed by atoms with Gasteiger partial charge in [-0.05, 0) is 68.0 Å². The number of nitrogens with zero attached hydrogens (tertiary/aromatic N) is 1. The molecule has 3 rings (SSSR count). The minimum atomic E-state index is -0.357. The van der Waals surface area contributed by atoms with Crippen LogP contribution in [0.15, 0.2) is 54.8 Å². The molecular formula is C25H30N2O3. The number of benzene rings is 2. The smallest absolute Gasteiger partial charge is 0.249 e. The average Bonchev–Trinajstić information content (AvgIpc) is 3.27. The zero-order valence-corrected chi connectivity index (χ0v) is 18.1. The largest absolute Gasteiger partial charge is 0.500 e. The lowest BCUT2D eigenvalue weighted by atomic mass is 9.92. The number of hydrogen-bond acceptors (Lipinski definition) is 3. The average molecular weight is 407 g/mol. The fourth-order valence-electron chi connectivity index (χ4n) is 3.62. The maximum absolute atomic E-state index is 12.9. The number of amides is 2. The molecule has 1 heterocycles. The predicted octanol–water partition coefficient (Wildman–Crippen LogP) is 4.33. The molecule has 0 radical (unpaired) electrons. The Hall–Kier alpha value is -3.08. The molecule has 2 aromatic rings. The number of nitrogens with one attached hydrogen (secondary N) is 1. The monoisotopic (exact) mass is 406 g/mol. The molecule has 0 bridgehead atoms. The van der Waals surface area contributed by atoms with Crippen molar-refractivity contribution in [3.63, 3.8) is 0 Å². The summed E-state index contributed by atoms with van der Waals surface area (Å²) in [6.45, 7) is 8.34. The maximum Gasteiger partial charge on any atom is 0.249 e. The molecule has 0 aromatic heterocycles. The van der Waals surface area contributed by atoms with Gasteiger partial charge >= 0.3 is 0 Å². The lowest BCUT2D eigenvalue weighted by Gasteiger charge is -2.28. The van der Waals surface area contributed by atoms with Gasteiger partial charge in [0, 0.05) is 12.5 Å². The van der Waals surface area contributed by atoms with E-state index in [9.17, 15) is 9.59 Å². The standard InChI is InChI=1S/C25H30N2O3/c1-17(2)27(26-25(29)21-14-15-30-16-21)24(28)13-12-20-9-5-6-10-23(20)22-11-7-8-18(3)19(22)4/h5-11,14-15,17,21H,12-13,16H2,1-4H3,(H,26,29). The second-order valence-corrected chi connectivity index (χ2v) is 8.01. The van der Waals surface area contributed by atoms with Gasteiger partial charge < -0.3 is 4.74 Å². The Balaban J connectivity index is 1.72. The third-order valence-corrected chi connectivity index (χ3v) is 5.56. The third kappa shape index (κ3) is 4.90. The summed E-state index contributed by atoms with van der Waals surface area (Å²) in [7, 11) is 0. The van der Waals surface area contributed by atoms with E-state index in [2.05, 4.69) is 49.6 Å². The lowest BCUT2D eigenvalue weighted by molar-refractivity contribution is -0.144. The first-order chi connectivity index (χ1) is 14.4. The molecule has 5 nitrogen and oxygen atoms in total. The topological polar surface area (TPSA) is 58.6 Å². The van der Waals surface area contributed by atoms with Crippen molar-refractivity contribution in [2.24, 2.45) is 5.92 Å². The van der Waals surface area contributed by atoms with Crippen molar-refractivity contribution in [3.8, 4) is 11.1 Å². The van der Waals surface area contributed by atoms with Gasteiger partial charge in [0.25, 0.3) is 0 Å². The Bertz CT molecular complexity index is 949. The number of carbonyl (C=O) groups is 2. The zero-order valence-electron chi connectivity index (χ0n) is 18.1. The maximum atomic E-state index is 12.9. The van der Waals surface area contributed by atoms with Crippen LogP contribution in [0.25, 0.3) is 11.1 Å². The summed E-state index contributed by atoms with van der Waals surface area (Å²) < 4.78 is 5.11. The van der Waals surface area contributed by atoms with Crippen LogP contribution in [0, 0.1) is 19.8 Å². The summed E-state index contributed by atoms with van der Waals surface area (Å²) in [5.74, 6) is -0.678. The molecule has 0 spiro atoms. The molecule has 2 amide bonds. The van der Waals surface area contributed by atoms with Crippen LogP contribution in [-0.4, -0.2) is 29.5 Å². The summed E-state index contributed by atoms with van der Waals surface area (Å²) in [6.07, 6.45) is 4.15. The highest BCUT2D eigenvalue weighted by Gasteiger charge is 2.25. The lowest BCUT2D eigenvalue weighted by Crippen LogP contribution is -2.51. The SMILES string of the molecule is Cc1cccc(-c2ccccc2CCC(=O)N(NC(=O)C2C=COC2)C(C)C)c1C. The van der Waals surface area contributed by atoms with E-state index in [4.69, 9.17) is 4.74 Å². The van der Waals surface area contributed by atoms with E-state index >= 15 is 0 Å². The molecule has 1 N–H and O–H groups in total. The van der Waals surface area contributed by atoms with Crippen LogP contribution in [0.1, 0.15) is 37.0 Å². The van der Waals surface area contributed by atoms with Crippen LogP contribution >= 0.6 is 0 Å². The van der Waals surface area contributed by atoms with Crippen molar-refractivity contribution in [2.75, 3.05) is 6.61 Å². The van der Waals surface area contributed by atoms with E-state index in [-0.39, 0.29) is 23.8 Å². The molecule has 1 aliphatic rings. The highest BCUT2D eigenvalue weighted by Crippen LogP contribution is 2.29. The summed E-state index contributed by atoms with van der Waals surface area (Å²) in [5.41, 5.74) is 8.74. The van der Waals surface area contributed by atoms with Gasteiger partial charge in [-0.15, -0.1) is 0 Å². The van der Waals surface area contributed by atoms with Gasteiger partial charge in [-0.25, -0.2) is 0 Å². The Morgan fingerprint density at radius 1 is 1.10 bits per heavy atom. The van der Waals surface area contributed by atoms with Crippen molar-refractivity contribution in [2.45, 2.75) is 46.6 Å². The zero-order chi connectivity index (χ0) is 21.7. The summed E-state index contributed by atoms with van der Waals surface area (Å²) in [6, 6.07) is 14.4. The fourth-order valence-corrected chi connectivity index (χ4v) is 3.62. The van der Waals surface area contributed by atoms with Crippen LogP contribution < -0.4 is 5.43 Å². The minimum Gasteiger partial charge on any atom is -0.500 e. The molecule has 1 atom stereocenters. The van der Waals surface area contributed by atoms with Gasteiger partial charge in [-0.2, -0.15) is 0 Å². The van der Waals surface area contributed by atoms with Crippen molar-refractivity contribution in [1.82, 2.24) is 10.4 Å². The Morgan fingerprint density at radius 3 is 2.53 bits per heavy atom. The number of ether oxygens (including phenoxy) is 1. The quantitative estimate of drug-likeness (QED) is 0.727. The van der Waals surface area contributed by atoms with E-state index in [1.807, 2.05) is 26.0 Å². The minimum absolute atomic E-state index is 0.1000. The first kappa shape index (κ1) is 21.6. The van der Waals surface area contributed by atoms with Crippen LogP contribution in [0.3, 0.4) is 0 Å². The Kier molecular flexibility index (Phi) is 6.93. The van der Waals surface area contributed by atoms with Gasteiger partial charge in [-0.3, -0.25) is 20.0 Å². The van der Waals surface area contributed by atoms with Crippen molar-refractivity contribution >= 4 is 11.8 Å². The van der Waals surface area contributed by atoms with Gasteiger partial charge in [0.2, 0.25) is 11.8 Å². The molecule has 0 aliphatic carbocycles. The van der Waals surface area contributed by atoms with Crippen molar-refractivity contribution in [3.05, 3.63) is 71.5 Å². The third-order valence-electron chi connectivity index (χ3n) is 5.56. The molecule has 2 aromatic carbocycles. The van der Waals surface area contributed by atoms with E-state index in [0.717, 1.165) is 11.1 Å². The van der Waals surface area contributed by atoms with E-state index in [0.29, 0.717) is 19.4 Å². The van der Waals surface area contributed by atoms with Crippen molar-refractivity contribution in [1.29, 1.82) is 0 Å². The first-order valence-electron chi connectivity index (χ1n) is 10.4. The Morgan fingerprint density at radius 2 is 1.83 bits per heavy atom. The summed E-state index contributed by atoms with van der Waals surface area (Å²) >= 11 is 0. The normalized spacial score (nSPS) is 15.2. The number of aryl methyl sites for hydroxylation is 2. The molecule has 1 aliphatic heterocycles. The fraction of sp³-hybridized carbons (Fsp3) is 0.360. The highest BCUT2D eigenvalue weighted by molar-refractivity contribution is 5.85. The molecule has 0 saturated carbocycles. The highest BCUT2D eigenvalue weighted by atomic mass is 16.5. The molecule has 1 unspecified atom stereocenters. The predicted molar refractivity (Wildman–Crippen MR) is 118 cm³/mol. The molecule has 5 heteroatoms. The number of rotatable bonds is 6. The van der Waals surface area contributed by atoms with E-state index < -0.39 is 0 Å². The van der Waals surface area contributed by atoms with Gasteiger partial charge in [0.05, 0.1) is 12.2 Å². The van der Waals surface area contributed by atoms with Gasteiger partial charge in [-0.1, -0.05) is 42.5 Å². The molecule has 0 fully saturated rings. The summed E-state index contributed by atoms with van der Waals surface area (Å²) in [5, 5.41) is 1.44. The number of hydrazine groups is 1. The number of carbonyl (C=O) groups excluding carboxylic acids is 2. The second kappa shape index (κ2) is 9.61. The Labute approximate surface area is 178 Å². The second-order valence-electron chi connectivity index (χ2n) is 8.01.